The molecule has 1 amide bonds. The van der Waals surface area contributed by atoms with Gasteiger partial charge in [-0.15, -0.1) is 11.3 Å². The van der Waals surface area contributed by atoms with Crippen molar-refractivity contribution in [3.8, 4) is 0 Å². The summed E-state index contributed by atoms with van der Waals surface area (Å²) in [5.41, 5.74) is 0.257. The van der Waals surface area contributed by atoms with Crippen LogP contribution in [0.4, 0.5) is 0 Å². The summed E-state index contributed by atoms with van der Waals surface area (Å²) in [6.45, 7) is 1.66. The van der Waals surface area contributed by atoms with E-state index in [4.69, 9.17) is 9.47 Å². The van der Waals surface area contributed by atoms with Crippen LogP contribution in [0.15, 0.2) is 13.6 Å². The lowest BCUT2D eigenvalue weighted by molar-refractivity contribution is -0.0148. The van der Waals surface area contributed by atoms with Gasteiger partial charge in [-0.05, 0) is 37.9 Å². The molecule has 0 aromatic carbocycles. The summed E-state index contributed by atoms with van der Waals surface area (Å²) in [5, 5.41) is 2.90. The molecule has 1 aromatic rings. The molecule has 7 heteroatoms. The zero-order chi connectivity index (χ0) is 13.2. The molecule has 1 unspecified atom stereocenters. The quantitative estimate of drug-likeness (QED) is 0.848. The SMILES string of the molecule is COC1(CNC(=O)c2cc(Br)sc2Br)CCOC1. The molecule has 2 rings (SSSR count). The van der Waals surface area contributed by atoms with Gasteiger partial charge in [-0.1, -0.05) is 0 Å². The number of ether oxygens (including phenoxy) is 2. The van der Waals surface area contributed by atoms with Crippen molar-refractivity contribution >= 4 is 49.1 Å². The molecule has 0 aliphatic carbocycles. The Hall–Kier alpha value is 0.0500. The van der Waals surface area contributed by atoms with Gasteiger partial charge in [-0.2, -0.15) is 0 Å². The second kappa shape index (κ2) is 6.00. The van der Waals surface area contributed by atoms with Crippen LogP contribution < -0.4 is 5.32 Å². The highest BCUT2D eigenvalue weighted by Gasteiger charge is 2.35. The highest BCUT2D eigenvalue weighted by atomic mass is 79.9. The van der Waals surface area contributed by atoms with Crippen molar-refractivity contribution in [1.82, 2.24) is 5.32 Å². The van der Waals surface area contributed by atoms with E-state index in [1.165, 1.54) is 11.3 Å². The van der Waals surface area contributed by atoms with E-state index in [0.29, 0.717) is 25.3 Å². The molecular formula is C11H13Br2NO3S. The topological polar surface area (TPSA) is 47.6 Å². The van der Waals surface area contributed by atoms with Crippen LogP contribution in [0.3, 0.4) is 0 Å². The molecule has 18 heavy (non-hydrogen) atoms. The fourth-order valence-corrected chi connectivity index (χ4v) is 4.59. The van der Waals surface area contributed by atoms with Gasteiger partial charge >= 0.3 is 0 Å². The smallest absolute Gasteiger partial charge is 0.253 e. The zero-order valence-corrected chi connectivity index (χ0v) is 13.8. The summed E-state index contributed by atoms with van der Waals surface area (Å²) in [4.78, 5) is 12.0. The third-order valence-corrected chi connectivity index (χ3v) is 5.31. The first kappa shape index (κ1) is 14.5. The highest BCUT2D eigenvalue weighted by Crippen LogP contribution is 2.32. The lowest BCUT2D eigenvalue weighted by Crippen LogP contribution is -2.45. The number of hydrogen-bond acceptors (Lipinski definition) is 4. The number of carbonyl (C=O) groups is 1. The van der Waals surface area contributed by atoms with Gasteiger partial charge in [-0.3, -0.25) is 4.79 Å². The Balaban J connectivity index is 1.98. The summed E-state index contributed by atoms with van der Waals surface area (Å²) in [6, 6.07) is 1.80. The molecule has 1 fully saturated rings. The van der Waals surface area contributed by atoms with E-state index < -0.39 is 0 Å². The van der Waals surface area contributed by atoms with Crippen LogP contribution in [0.25, 0.3) is 0 Å². The van der Waals surface area contributed by atoms with Gasteiger partial charge in [0, 0.05) is 26.7 Å². The molecule has 1 atom stereocenters. The third kappa shape index (κ3) is 3.14. The van der Waals surface area contributed by atoms with Gasteiger partial charge < -0.3 is 14.8 Å². The maximum absolute atomic E-state index is 12.0. The standard InChI is InChI=1S/C11H13Br2NO3S/c1-16-11(2-3-17-6-11)5-14-10(15)7-4-8(12)18-9(7)13/h4H,2-3,5-6H2,1H3,(H,14,15). The van der Waals surface area contributed by atoms with Crippen LogP contribution in [0.5, 0.6) is 0 Å². The van der Waals surface area contributed by atoms with Crippen molar-refractivity contribution in [3.63, 3.8) is 0 Å². The number of amides is 1. The number of thiophene rings is 1. The van der Waals surface area contributed by atoms with E-state index in [0.717, 1.165) is 14.0 Å². The second-order valence-corrected chi connectivity index (χ2v) is 7.86. The van der Waals surface area contributed by atoms with Crippen LogP contribution in [0, 0.1) is 0 Å². The number of halogens is 2. The largest absolute Gasteiger partial charge is 0.378 e. The van der Waals surface area contributed by atoms with Crippen LogP contribution in [0.1, 0.15) is 16.8 Å². The van der Waals surface area contributed by atoms with E-state index >= 15 is 0 Å². The third-order valence-electron chi connectivity index (χ3n) is 2.97. The van der Waals surface area contributed by atoms with E-state index in [-0.39, 0.29) is 11.5 Å². The number of rotatable bonds is 4. The van der Waals surface area contributed by atoms with Crippen molar-refractivity contribution in [1.29, 1.82) is 0 Å². The van der Waals surface area contributed by atoms with Crippen LogP contribution in [-0.4, -0.2) is 38.4 Å². The average Bonchev–Trinajstić information content (AvgIpc) is 2.94. The second-order valence-electron chi connectivity index (χ2n) is 4.11. The Bertz CT molecular complexity index is 443. The predicted molar refractivity (Wildman–Crippen MR) is 77.2 cm³/mol. The van der Waals surface area contributed by atoms with Gasteiger partial charge in [0.2, 0.25) is 0 Å². The normalized spacial score (nSPS) is 23.3. The lowest BCUT2D eigenvalue weighted by atomic mass is 10.0. The molecule has 0 spiro atoms. The Kier molecular flexibility index (Phi) is 4.82. The van der Waals surface area contributed by atoms with Crippen molar-refractivity contribution < 1.29 is 14.3 Å². The molecule has 100 valence electrons. The molecule has 1 N–H and O–H groups in total. The zero-order valence-electron chi connectivity index (χ0n) is 9.79. The molecule has 1 saturated heterocycles. The van der Waals surface area contributed by atoms with Crippen molar-refractivity contribution in [2.24, 2.45) is 0 Å². The minimum atomic E-state index is -0.380. The number of carbonyl (C=O) groups excluding carboxylic acids is 1. The summed E-state index contributed by atoms with van der Waals surface area (Å²) in [5.74, 6) is -0.104. The van der Waals surface area contributed by atoms with Crippen LogP contribution >= 0.6 is 43.2 Å². The monoisotopic (exact) mass is 397 g/mol. The number of nitrogens with one attached hydrogen (secondary N) is 1. The first-order valence-electron chi connectivity index (χ1n) is 5.42. The van der Waals surface area contributed by atoms with E-state index in [1.807, 2.05) is 0 Å². The molecule has 1 aliphatic heterocycles. The Labute approximate surface area is 126 Å². The van der Waals surface area contributed by atoms with Gasteiger partial charge in [0.15, 0.2) is 0 Å². The Morgan fingerprint density at radius 2 is 2.44 bits per heavy atom. The van der Waals surface area contributed by atoms with Gasteiger partial charge in [0.05, 0.1) is 19.7 Å². The van der Waals surface area contributed by atoms with Crippen LogP contribution in [-0.2, 0) is 9.47 Å². The molecule has 2 heterocycles. The predicted octanol–water partition coefficient (Wildman–Crippen LogP) is 2.81. The molecular weight excluding hydrogens is 386 g/mol. The Morgan fingerprint density at radius 1 is 1.67 bits per heavy atom. The van der Waals surface area contributed by atoms with Gasteiger partial charge in [0.25, 0.3) is 5.91 Å². The number of hydrogen-bond donors (Lipinski definition) is 1. The summed E-state index contributed by atoms with van der Waals surface area (Å²) >= 11 is 8.21. The maximum Gasteiger partial charge on any atom is 0.253 e. The fraction of sp³-hybridized carbons (Fsp3) is 0.545. The first-order chi connectivity index (χ1) is 8.56. The molecule has 0 bridgehead atoms. The fourth-order valence-electron chi connectivity index (χ4n) is 1.79. The lowest BCUT2D eigenvalue weighted by Gasteiger charge is -2.25. The number of methoxy groups -OCH3 is 1. The van der Waals surface area contributed by atoms with E-state index in [9.17, 15) is 4.79 Å². The van der Waals surface area contributed by atoms with E-state index in [1.54, 1.807) is 13.2 Å². The van der Waals surface area contributed by atoms with E-state index in [2.05, 4.69) is 37.2 Å². The molecule has 0 radical (unpaired) electrons. The minimum Gasteiger partial charge on any atom is -0.378 e. The van der Waals surface area contributed by atoms with Crippen molar-refractivity contribution in [3.05, 3.63) is 19.2 Å². The maximum atomic E-state index is 12.0. The van der Waals surface area contributed by atoms with Gasteiger partial charge in [0.1, 0.15) is 5.60 Å². The summed E-state index contributed by atoms with van der Waals surface area (Å²) < 4.78 is 12.5. The van der Waals surface area contributed by atoms with Crippen molar-refractivity contribution in [2.75, 3.05) is 26.9 Å². The van der Waals surface area contributed by atoms with Crippen molar-refractivity contribution in [2.45, 2.75) is 12.0 Å². The Morgan fingerprint density at radius 3 is 2.94 bits per heavy atom. The first-order valence-corrected chi connectivity index (χ1v) is 7.82. The molecule has 1 aromatic heterocycles. The average molecular weight is 399 g/mol. The molecule has 4 nitrogen and oxygen atoms in total. The summed E-state index contributed by atoms with van der Waals surface area (Å²) in [7, 11) is 1.65. The molecule has 1 aliphatic rings. The van der Waals surface area contributed by atoms with Crippen LogP contribution in [0.2, 0.25) is 0 Å². The van der Waals surface area contributed by atoms with Gasteiger partial charge in [-0.25, -0.2) is 0 Å². The molecule has 0 saturated carbocycles. The highest BCUT2D eigenvalue weighted by molar-refractivity contribution is 9.12. The summed E-state index contributed by atoms with van der Waals surface area (Å²) in [6.07, 6.45) is 0.804. The minimum absolute atomic E-state index is 0.104.